The Labute approximate surface area is 141 Å². The number of anilines is 2. The number of amides is 1. The highest BCUT2D eigenvalue weighted by Crippen LogP contribution is 2.26. The summed E-state index contributed by atoms with van der Waals surface area (Å²) in [5, 5.41) is 2.63. The van der Waals surface area contributed by atoms with Crippen molar-refractivity contribution >= 4 is 41.0 Å². The molecule has 0 unspecified atom stereocenters. The summed E-state index contributed by atoms with van der Waals surface area (Å²) in [6, 6.07) is 5.70. The standard InChI is InChI=1S/C15H16FN3O2S2/c16-9-3-1-4-10(7-9)18-14(20)12-13(17)19(15(22)23-12)8-11-5-2-6-21-11/h1,3-4,7,11H,2,5-6,8,17H2,(H,18,20)/t11-/m1/s1. The lowest BCUT2D eigenvalue weighted by molar-refractivity contribution is 0.0970. The second-order valence-electron chi connectivity index (χ2n) is 5.29. The maximum Gasteiger partial charge on any atom is 0.269 e. The molecule has 8 heteroatoms. The number of hydrogen-bond acceptors (Lipinski definition) is 5. The summed E-state index contributed by atoms with van der Waals surface area (Å²) in [6.07, 6.45) is 2.06. The third-order valence-corrected chi connectivity index (χ3v) is 5.10. The van der Waals surface area contributed by atoms with Crippen LogP contribution in [0.4, 0.5) is 15.9 Å². The minimum absolute atomic E-state index is 0.0812. The molecule has 1 aromatic carbocycles. The molecular formula is C15H16FN3O2S2. The topological polar surface area (TPSA) is 69.3 Å². The highest BCUT2D eigenvalue weighted by Gasteiger charge is 2.22. The van der Waals surface area contributed by atoms with Crippen LogP contribution in [-0.4, -0.2) is 23.2 Å². The van der Waals surface area contributed by atoms with E-state index >= 15 is 0 Å². The fourth-order valence-electron chi connectivity index (χ4n) is 2.50. The molecule has 1 fully saturated rings. The Kier molecular flexibility index (Phi) is 4.74. The van der Waals surface area contributed by atoms with Gasteiger partial charge in [0.05, 0.1) is 12.6 Å². The molecule has 3 rings (SSSR count). The van der Waals surface area contributed by atoms with E-state index in [4.69, 9.17) is 22.7 Å². The molecule has 0 saturated carbocycles. The molecule has 0 bridgehead atoms. The number of nitrogen functional groups attached to an aromatic ring is 1. The first-order valence-electron chi connectivity index (χ1n) is 7.22. The molecule has 0 radical (unpaired) electrons. The Morgan fingerprint density at radius 3 is 3.09 bits per heavy atom. The van der Waals surface area contributed by atoms with E-state index in [1.54, 1.807) is 10.6 Å². The summed E-state index contributed by atoms with van der Waals surface area (Å²) in [5.74, 6) is -0.487. The molecule has 2 aromatic rings. The fraction of sp³-hybridized carbons (Fsp3) is 0.333. The quantitative estimate of drug-likeness (QED) is 0.826. The molecule has 0 spiro atoms. The van der Waals surface area contributed by atoms with Gasteiger partial charge in [-0.05, 0) is 43.3 Å². The lowest BCUT2D eigenvalue weighted by Gasteiger charge is -2.12. The number of ether oxygens (including phenoxy) is 1. The predicted molar refractivity (Wildman–Crippen MR) is 90.9 cm³/mol. The fourth-order valence-corrected chi connectivity index (χ4v) is 3.74. The number of nitrogens with two attached hydrogens (primary N) is 1. The molecule has 1 aliphatic heterocycles. The number of hydrogen-bond donors (Lipinski definition) is 2. The zero-order valence-electron chi connectivity index (χ0n) is 12.3. The minimum atomic E-state index is -0.417. The van der Waals surface area contributed by atoms with Crippen LogP contribution in [0, 0.1) is 9.77 Å². The van der Waals surface area contributed by atoms with E-state index in [0.29, 0.717) is 26.9 Å². The summed E-state index contributed by atoms with van der Waals surface area (Å²) in [5.41, 5.74) is 6.46. The van der Waals surface area contributed by atoms with E-state index in [9.17, 15) is 9.18 Å². The molecule has 3 N–H and O–H groups in total. The largest absolute Gasteiger partial charge is 0.384 e. The normalized spacial score (nSPS) is 17.3. The molecule has 5 nitrogen and oxygen atoms in total. The van der Waals surface area contributed by atoms with Crippen molar-refractivity contribution in [3.05, 3.63) is 38.9 Å². The smallest absolute Gasteiger partial charge is 0.269 e. The number of carbonyl (C=O) groups is 1. The maximum absolute atomic E-state index is 13.2. The SMILES string of the molecule is Nc1c(C(=O)Nc2cccc(F)c2)sc(=S)n1C[C@H]1CCCO1. The summed E-state index contributed by atoms with van der Waals surface area (Å²) < 4.78 is 21.0. The van der Waals surface area contributed by atoms with E-state index in [-0.39, 0.29) is 6.10 Å². The van der Waals surface area contributed by atoms with Crippen molar-refractivity contribution < 1.29 is 13.9 Å². The number of halogens is 1. The molecule has 1 aliphatic rings. The molecule has 1 amide bonds. The molecule has 1 saturated heterocycles. The molecule has 23 heavy (non-hydrogen) atoms. The van der Waals surface area contributed by atoms with Crippen molar-refractivity contribution in [3.63, 3.8) is 0 Å². The highest BCUT2D eigenvalue weighted by atomic mass is 32.1. The molecule has 122 valence electrons. The van der Waals surface area contributed by atoms with Crippen molar-refractivity contribution in [2.45, 2.75) is 25.5 Å². The van der Waals surface area contributed by atoms with Crippen LogP contribution < -0.4 is 11.1 Å². The molecule has 1 atom stereocenters. The highest BCUT2D eigenvalue weighted by molar-refractivity contribution is 7.73. The average Bonchev–Trinajstić information content (AvgIpc) is 3.11. The van der Waals surface area contributed by atoms with Crippen molar-refractivity contribution in [2.24, 2.45) is 0 Å². The van der Waals surface area contributed by atoms with E-state index < -0.39 is 11.7 Å². The lowest BCUT2D eigenvalue weighted by Crippen LogP contribution is -2.18. The number of nitrogens with one attached hydrogen (secondary N) is 1. The van der Waals surface area contributed by atoms with Crippen LogP contribution in [0.3, 0.4) is 0 Å². The van der Waals surface area contributed by atoms with Gasteiger partial charge in [-0.1, -0.05) is 17.4 Å². The summed E-state index contributed by atoms with van der Waals surface area (Å²) in [6.45, 7) is 1.29. The molecule has 1 aromatic heterocycles. The number of carbonyl (C=O) groups excluding carboxylic acids is 1. The van der Waals surface area contributed by atoms with Gasteiger partial charge in [-0.3, -0.25) is 4.79 Å². The Balaban J connectivity index is 1.79. The molecular weight excluding hydrogens is 337 g/mol. The van der Waals surface area contributed by atoms with Crippen LogP contribution in [0.2, 0.25) is 0 Å². The van der Waals surface area contributed by atoms with Crippen LogP contribution in [0.15, 0.2) is 24.3 Å². The summed E-state index contributed by atoms with van der Waals surface area (Å²) in [7, 11) is 0. The lowest BCUT2D eigenvalue weighted by atomic mass is 10.2. The summed E-state index contributed by atoms with van der Waals surface area (Å²) >= 11 is 6.45. The van der Waals surface area contributed by atoms with Gasteiger partial charge in [0.25, 0.3) is 5.91 Å². The van der Waals surface area contributed by atoms with Crippen LogP contribution in [-0.2, 0) is 11.3 Å². The van der Waals surface area contributed by atoms with Gasteiger partial charge in [-0.15, -0.1) is 0 Å². The average molecular weight is 353 g/mol. The van der Waals surface area contributed by atoms with E-state index in [1.165, 1.54) is 18.2 Å². The van der Waals surface area contributed by atoms with Crippen LogP contribution in [0.1, 0.15) is 22.5 Å². The third kappa shape index (κ3) is 3.60. The van der Waals surface area contributed by atoms with E-state index in [0.717, 1.165) is 30.8 Å². The predicted octanol–water partition coefficient (Wildman–Crippen LogP) is 3.43. The van der Waals surface area contributed by atoms with Crippen LogP contribution in [0.5, 0.6) is 0 Å². The van der Waals surface area contributed by atoms with E-state index in [2.05, 4.69) is 5.32 Å². The number of nitrogens with zero attached hydrogens (tertiary/aromatic N) is 1. The van der Waals surface area contributed by atoms with E-state index in [1.807, 2.05) is 0 Å². The number of benzene rings is 1. The van der Waals surface area contributed by atoms with Gasteiger partial charge in [0.1, 0.15) is 16.5 Å². The van der Waals surface area contributed by atoms with Crippen molar-refractivity contribution in [1.82, 2.24) is 4.57 Å². The van der Waals surface area contributed by atoms with Gasteiger partial charge in [-0.25, -0.2) is 4.39 Å². The first-order chi connectivity index (χ1) is 11.0. The van der Waals surface area contributed by atoms with Gasteiger partial charge >= 0.3 is 0 Å². The Morgan fingerprint density at radius 2 is 2.39 bits per heavy atom. The Morgan fingerprint density at radius 1 is 1.57 bits per heavy atom. The van der Waals surface area contributed by atoms with Crippen LogP contribution in [0.25, 0.3) is 0 Å². The van der Waals surface area contributed by atoms with Gasteiger partial charge in [0.2, 0.25) is 0 Å². The zero-order chi connectivity index (χ0) is 16.4. The van der Waals surface area contributed by atoms with Gasteiger partial charge in [0.15, 0.2) is 3.95 Å². The monoisotopic (exact) mass is 353 g/mol. The second kappa shape index (κ2) is 6.77. The number of thiazole rings is 1. The van der Waals surface area contributed by atoms with Gasteiger partial charge in [-0.2, -0.15) is 0 Å². The van der Waals surface area contributed by atoms with Crippen LogP contribution >= 0.6 is 23.6 Å². The second-order valence-corrected chi connectivity index (χ2v) is 6.94. The number of rotatable bonds is 4. The Hall–Kier alpha value is -1.77. The Bertz CT molecular complexity index is 781. The van der Waals surface area contributed by atoms with Gasteiger partial charge in [0, 0.05) is 12.3 Å². The molecule has 0 aliphatic carbocycles. The van der Waals surface area contributed by atoms with Crippen molar-refractivity contribution in [1.29, 1.82) is 0 Å². The minimum Gasteiger partial charge on any atom is -0.384 e. The first-order valence-corrected chi connectivity index (χ1v) is 8.44. The van der Waals surface area contributed by atoms with Gasteiger partial charge < -0.3 is 20.4 Å². The van der Waals surface area contributed by atoms with Crippen molar-refractivity contribution in [2.75, 3.05) is 17.7 Å². The number of aromatic nitrogens is 1. The maximum atomic E-state index is 13.2. The molecule has 2 heterocycles. The summed E-state index contributed by atoms with van der Waals surface area (Å²) in [4.78, 5) is 12.7. The zero-order valence-corrected chi connectivity index (χ0v) is 13.9. The van der Waals surface area contributed by atoms with Crippen molar-refractivity contribution in [3.8, 4) is 0 Å². The third-order valence-electron chi connectivity index (χ3n) is 3.63. The first kappa shape index (κ1) is 16.1.